The van der Waals surface area contributed by atoms with E-state index in [1.54, 1.807) is 19.1 Å². The van der Waals surface area contributed by atoms with Gasteiger partial charge in [0.05, 0.1) is 13.7 Å². The van der Waals surface area contributed by atoms with Crippen LogP contribution < -0.4 is 15.1 Å². The fourth-order valence-electron chi connectivity index (χ4n) is 1.96. The molecule has 6 heteroatoms. The predicted octanol–water partition coefficient (Wildman–Crippen LogP) is 2.04. The number of carbonyl (C=O) groups excluding carboxylic acids is 1. The van der Waals surface area contributed by atoms with Gasteiger partial charge < -0.3 is 18.8 Å². The van der Waals surface area contributed by atoms with Gasteiger partial charge in [0.1, 0.15) is 16.7 Å². The molecule has 0 aliphatic carbocycles. The largest absolute Gasteiger partial charge is 0.496 e. The molecule has 0 spiro atoms. The van der Waals surface area contributed by atoms with Crippen molar-refractivity contribution in [3.63, 3.8) is 0 Å². The average Bonchev–Trinajstić information content (AvgIpc) is 2.45. The number of methoxy groups -OCH3 is 1. The minimum Gasteiger partial charge on any atom is -0.496 e. The normalized spacial score (nSPS) is 10.5. The van der Waals surface area contributed by atoms with Crippen molar-refractivity contribution in [2.24, 2.45) is 0 Å². The number of carbonyl (C=O) groups is 1. The Morgan fingerprint density at radius 2 is 2.00 bits per heavy atom. The average molecular weight is 291 g/mol. The van der Waals surface area contributed by atoms with Crippen molar-refractivity contribution < 1.29 is 18.7 Å². The number of ether oxygens (including phenoxy) is 2. The van der Waals surface area contributed by atoms with E-state index >= 15 is 0 Å². The Morgan fingerprint density at radius 3 is 2.57 bits per heavy atom. The summed E-state index contributed by atoms with van der Waals surface area (Å²) < 4.78 is 15.6. The maximum atomic E-state index is 12.2. The molecule has 21 heavy (non-hydrogen) atoms. The zero-order valence-electron chi connectivity index (χ0n) is 12.4. The van der Waals surface area contributed by atoms with Crippen LogP contribution in [-0.2, 0) is 4.74 Å². The Bertz CT molecular complexity index is 733. The first-order valence-corrected chi connectivity index (χ1v) is 6.48. The van der Waals surface area contributed by atoms with Crippen LogP contribution in [0.4, 0.5) is 5.69 Å². The molecule has 1 aromatic heterocycles. The van der Waals surface area contributed by atoms with E-state index in [9.17, 15) is 9.59 Å². The Hall–Kier alpha value is -2.50. The standard InChI is InChI=1S/C15H17NO5/c1-5-20-15(18)13-8-10(17)14-11(19-4)6-9(16(2)3)7-12(14)21-13/h6-8H,5H2,1-4H3. The monoisotopic (exact) mass is 291 g/mol. The summed E-state index contributed by atoms with van der Waals surface area (Å²) in [5.74, 6) is -0.376. The molecule has 0 unspecified atom stereocenters. The summed E-state index contributed by atoms with van der Waals surface area (Å²) in [7, 11) is 5.19. The number of rotatable bonds is 4. The maximum absolute atomic E-state index is 12.2. The van der Waals surface area contributed by atoms with Crippen LogP contribution in [0, 0.1) is 0 Å². The summed E-state index contributed by atoms with van der Waals surface area (Å²) >= 11 is 0. The highest BCUT2D eigenvalue weighted by Crippen LogP contribution is 2.29. The second kappa shape index (κ2) is 5.87. The van der Waals surface area contributed by atoms with Gasteiger partial charge in [0.25, 0.3) is 0 Å². The lowest BCUT2D eigenvalue weighted by Crippen LogP contribution is -2.12. The van der Waals surface area contributed by atoms with Gasteiger partial charge in [-0.05, 0) is 6.92 Å². The van der Waals surface area contributed by atoms with Crippen LogP contribution in [0.15, 0.2) is 27.4 Å². The zero-order valence-corrected chi connectivity index (χ0v) is 12.4. The second-order valence-electron chi connectivity index (χ2n) is 4.61. The van der Waals surface area contributed by atoms with Gasteiger partial charge >= 0.3 is 5.97 Å². The van der Waals surface area contributed by atoms with Gasteiger partial charge in [-0.1, -0.05) is 0 Å². The zero-order chi connectivity index (χ0) is 15.6. The van der Waals surface area contributed by atoms with Crippen LogP contribution in [0.2, 0.25) is 0 Å². The highest BCUT2D eigenvalue weighted by atomic mass is 16.5. The summed E-state index contributed by atoms with van der Waals surface area (Å²) in [6.45, 7) is 1.89. The topological polar surface area (TPSA) is 69.0 Å². The Labute approximate surface area is 121 Å². The molecule has 1 heterocycles. The minimum atomic E-state index is -0.661. The fourth-order valence-corrected chi connectivity index (χ4v) is 1.96. The number of hydrogen-bond donors (Lipinski definition) is 0. The van der Waals surface area contributed by atoms with Gasteiger partial charge in [0.2, 0.25) is 5.76 Å². The predicted molar refractivity (Wildman–Crippen MR) is 79.3 cm³/mol. The van der Waals surface area contributed by atoms with Crippen LogP contribution >= 0.6 is 0 Å². The Morgan fingerprint density at radius 1 is 1.29 bits per heavy atom. The van der Waals surface area contributed by atoms with E-state index in [0.717, 1.165) is 11.8 Å². The van der Waals surface area contributed by atoms with Gasteiger partial charge in [-0.15, -0.1) is 0 Å². The Balaban J connectivity index is 2.72. The van der Waals surface area contributed by atoms with Crippen LogP contribution in [0.25, 0.3) is 11.0 Å². The molecule has 0 aliphatic heterocycles. The quantitative estimate of drug-likeness (QED) is 0.803. The van der Waals surface area contributed by atoms with E-state index in [4.69, 9.17) is 13.9 Å². The van der Waals surface area contributed by atoms with Gasteiger partial charge in [-0.3, -0.25) is 4.79 Å². The van der Waals surface area contributed by atoms with E-state index in [1.165, 1.54) is 7.11 Å². The lowest BCUT2D eigenvalue weighted by atomic mass is 10.1. The highest BCUT2D eigenvalue weighted by Gasteiger charge is 2.17. The summed E-state index contributed by atoms with van der Waals surface area (Å²) in [6, 6.07) is 4.55. The third kappa shape index (κ3) is 2.84. The van der Waals surface area contributed by atoms with Crippen molar-refractivity contribution in [3.8, 4) is 5.75 Å². The van der Waals surface area contributed by atoms with Gasteiger partial charge in [0.15, 0.2) is 5.43 Å². The van der Waals surface area contributed by atoms with Crippen molar-refractivity contribution in [1.82, 2.24) is 0 Å². The van der Waals surface area contributed by atoms with Gasteiger partial charge in [-0.25, -0.2) is 4.79 Å². The molecule has 2 rings (SSSR count). The van der Waals surface area contributed by atoms with E-state index in [1.807, 2.05) is 19.0 Å². The highest BCUT2D eigenvalue weighted by molar-refractivity contribution is 5.92. The Kier molecular flexibility index (Phi) is 4.16. The first kappa shape index (κ1) is 14.9. The lowest BCUT2D eigenvalue weighted by Gasteiger charge is -2.15. The van der Waals surface area contributed by atoms with Crippen molar-refractivity contribution in [3.05, 3.63) is 34.2 Å². The molecule has 0 amide bonds. The maximum Gasteiger partial charge on any atom is 0.374 e. The number of benzene rings is 1. The molecule has 6 nitrogen and oxygen atoms in total. The first-order chi connectivity index (χ1) is 9.97. The number of esters is 1. The molecular formula is C15H17NO5. The molecule has 112 valence electrons. The molecule has 0 fully saturated rings. The molecular weight excluding hydrogens is 274 g/mol. The van der Waals surface area contributed by atoms with Crippen molar-refractivity contribution in [2.75, 3.05) is 32.7 Å². The van der Waals surface area contributed by atoms with Crippen molar-refractivity contribution in [2.45, 2.75) is 6.92 Å². The molecule has 0 bridgehead atoms. The first-order valence-electron chi connectivity index (χ1n) is 6.48. The van der Waals surface area contributed by atoms with Crippen LogP contribution in [0.3, 0.4) is 0 Å². The minimum absolute atomic E-state index is 0.118. The molecule has 0 saturated carbocycles. The summed E-state index contributed by atoms with van der Waals surface area (Å²) in [5.41, 5.74) is 0.735. The summed E-state index contributed by atoms with van der Waals surface area (Å²) in [5, 5.41) is 0.302. The van der Waals surface area contributed by atoms with E-state index in [-0.39, 0.29) is 23.4 Å². The third-order valence-corrected chi connectivity index (χ3v) is 2.99. The van der Waals surface area contributed by atoms with E-state index in [0.29, 0.717) is 11.1 Å². The van der Waals surface area contributed by atoms with Gasteiger partial charge in [0, 0.05) is 38.0 Å². The van der Waals surface area contributed by atoms with E-state index < -0.39 is 5.97 Å². The smallest absolute Gasteiger partial charge is 0.374 e. The molecule has 0 N–H and O–H groups in total. The van der Waals surface area contributed by atoms with Crippen LogP contribution in [-0.4, -0.2) is 33.8 Å². The number of anilines is 1. The van der Waals surface area contributed by atoms with Crippen LogP contribution in [0.1, 0.15) is 17.5 Å². The van der Waals surface area contributed by atoms with Crippen molar-refractivity contribution in [1.29, 1.82) is 0 Å². The van der Waals surface area contributed by atoms with E-state index in [2.05, 4.69) is 0 Å². The third-order valence-electron chi connectivity index (χ3n) is 2.99. The SMILES string of the molecule is CCOC(=O)c1cc(=O)c2c(OC)cc(N(C)C)cc2o1. The molecule has 0 atom stereocenters. The summed E-state index contributed by atoms with van der Waals surface area (Å²) in [6.07, 6.45) is 0. The molecule has 0 radical (unpaired) electrons. The number of hydrogen-bond acceptors (Lipinski definition) is 6. The summed E-state index contributed by atoms with van der Waals surface area (Å²) in [4.78, 5) is 25.8. The van der Waals surface area contributed by atoms with Gasteiger partial charge in [-0.2, -0.15) is 0 Å². The second-order valence-corrected chi connectivity index (χ2v) is 4.61. The molecule has 2 aromatic rings. The number of nitrogens with zero attached hydrogens (tertiary/aromatic N) is 1. The molecule has 0 saturated heterocycles. The number of fused-ring (bicyclic) bond motifs is 1. The lowest BCUT2D eigenvalue weighted by molar-refractivity contribution is 0.0490. The molecule has 1 aromatic carbocycles. The van der Waals surface area contributed by atoms with Crippen molar-refractivity contribution >= 4 is 22.6 Å². The molecule has 0 aliphatic rings. The van der Waals surface area contributed by atoms with Crippen LogP contribution in [0.5, 0.6) is 5.75 Å². The fraction of sp³-hybridized carbons (Fsp3) is 0.333.